The summed E-state index contributed by atoms with van der Waals surface area (Å²) in [4.78, 5) is 35.8. The van der Waals surface area contributed by atoms with Crippen LogP contribution in [-0.4, -0.2) is 55.2 Å². The molecule has 2 heterocycles. The van der Waals surface area contributed by atoms with Crippen LogP contribution in [-0.2, 0) is 15.8 Å². The number of ketones is 1. The molecule has 1 aromatic rings. The number of rotatable bonds is 4. The Morgan fingerprint density at radius 3 is 2.38 bits per heavy atom. The summed E-state index contributed by atoms with van der Waals surface area (Å²) in [5, 5.41) is 5.72. The molecule has 2 N–H and O–H groups in total. The Morgan fingerprint density at radius 2 is 1.84 bits per heavy atom. The summed E-state index contributed by atoms with van der Waals surface area (Å²) >= 11 is 0. The number of carbonyl (C=O) groups is 3. The third-order valence-corrected chi connectivity index (χ3v) is 5.47. The van der Waals surface area contributed by atoms with Gasteiger partial charge in [-0.1, -0.05) is 26.8 Å². The van der Waals surface area contributed by atoms with Crippen molar-refractivity contribution >= 4 is 17.6 Å². The highest BCUT2D eigenvalue weighted by Crippen LogP contribution is 2.35. The summed E-state index contributed by atoms with van der Waals surface area (Å²) in [6.07, 6.45) is -1.87. The van der Waals surface area contributed by atoms with Crippen LogP contribution in [0, 0.1) is 5.41 Å². The highest BCUT2D eigenvalue weighted by Gasteiger charge is 2.41. The van der Waals surface area contributed by atoms with Gasteiger partial charge in [-0.25, -0.2) is 0 Å². The largest absolute Gasteiger partial charge is 0.416 e. The molecule has 9 heteroatoms. The maximum Gasteiger partial charge on any atom is 0.416 e. The lowest BCUT2D eigenvalue weighted by Crippen LogP contribution is -2.40. The summed E-state index contributed by atoms with van der Waals surface area (Å²) in [6, 6.07) is 4.16. The summed E-state index contributed by atoms with van der Waals surface area (Å²) < 4.78 is 38.1. The lowest BCUT2D eigenvalue weighted by molar-refractivity contribution is -0.137. The Hall–Kier alpha value is -2.42. The third-order valence-electron chi connectivity index (χ3n) is 5.47. The van der Waals surface area contributed by atoms with E-state index >= 15 is 0 Å². The van der Waals surface area contributed by atoms with Crippen molar-refractivity contribution in [3.05, 3.63) is 35.4 Å². The SMILES string of the molecule is CC.CCC(C)=O.O=C(NCC(=O)N1CCC2(CCNC2)C1)c1cccc(C(F)(F)F)c1. The Kier molecular flexibility index (Phi) is 10.9. The number of alkyl halides is 3. The minimum absolute atomic E-state index is 0.111. The monoisotopic (exact) mass is 457 g/mol. The van der Waals surface area contributed by atoms with E-state index in [0.717, 1.165) is 38.1 Å². The van der Waals surface area contributed by atoms with Crippen LogP contribution in [0.2, 0.25) is 0 Å². The van der Waals surface area contributed by atoms with Crippen molar-refractivity contribution in [3.8, 4) is 0 Å². The van der Waals surface area contributed by atoms with Crippen LogP contribution in [0.25, 0.3) is 0 Å². The Morgan fingerprint density at radius 1 is 1.19 bits per heavy atom. The molecule has 1 aromatic carbocycles. The number of carbonyl (C=O) groups excluding carboxylic acids is 3. The Bertz CT molecular complexity index is 775. The number of amides is 2. The normalized spacial score (nSPS) is 19.5. The highest BCUT2D eigenvalue weighted by atomic mass is 19.4. The Balaban J connectivity index is 0.000000646. The van der Waals surface area contributed by atoms with Crippen molar-refractivity contribution in [2.45, 2.75) is 53.1 Å². The second-order valence-corrected chi connectivity index (χ2v) is 7.81. The van der Waals surface area contributed by atoms with Crippen molar-refractivity contribution in [2.75, 3.05) is 32.7 Å². The summed E-state index contributed by atoms with van der Waals surface area (Å²) in [7, 11) is 0. The molecule has 1 spiro atoms. The summed E-state index contributed by atoms with van der Waals surface area (Å²) in [5.74, 6) is -0.634. The van der Waals surface area contributed by atoms with E-state index < -0.39 is 17.6 Å². The molecule has 6 nitrogen and oxygen atoms in total. The molecule has 2 saturated heterocycles. The van der Waals surface area contributed by atoms with E-state index in [4.69, 9.17) is 0 Å². The quantitative estimate of drug-likeness (QED) is 0.723. The van der Waals surface area contributed by atoms with E-state index in [0.29, 0.717) is 19.5 Å². The first kappa shape index (κ1) is 27.6. The average Bonchev–Trinajstić information content (AvgIpc) is 3.43. The molecular formula is C23H34F3N3O3. The van der Waals surface area contributed by atoms with Crippen LogP contribution < -0.4 is 10.6 Å². The fourth-order valence-electron chi connectivity index (χ4n) is 3.50. The minimum Gasteiger partial charge on any atom is -0.343 e. The predicted molar refractivity (Wildman–Crippen MR) is 117 cm³/mol. The molecule has 0 aliphatic carbocycles. The summed E-state index contributed by atoms with van der Waals surface area (Å²) in [6.45, 7) is 10.4. The van der Waals surface area contributed by atoms with Gasteiger partial charge in [-0.2, -0.15) is 13.2 Å². The van der Waals surface area contributed by atoms with E-state index in [1.807, 2.05) is 20.8 Å². The van der Waals surface area contributed by atoms with Crippen LogP contribution in [0.5, 0.6) is 0 Å². The second-order valence-electron chi connectivity index (χ2n) is 7.81. The predicted octanol–water partition coefficient (Wildman–Crippen LogP) is 3.66. The van der Waals surface area contributed by atoms with Crippen molar-refractivity contribution in [1.29, 1.82) is 0 Å². The molecule has 180 valence electrons. The molecule has 0 aromatic heterocycles. The number of nitrogens with zero attached hydrogens (tertiary/aromatic N) is 1. The van der Waals surface area contributed by atoms with Crippen molar-refractivity contribution in [3.63, 3.8) is 0 Å². The number of benzene rings is 1. The van der Waals surface area contributed by atoms with Gasteiger partial charge in [0.1, 0.15) is 5.78 Å². The molecule has 0 saturated carbocycles. The first-order valence-corrected chi connectivity index (χ1v) is 11.0. The second kappa shape index (κ2) is 12.6. The first-order valence-electron chi connectivity index (χ1n) is 11.0. The van der Waals surface area contributed by atoms with Gasteiger partial charge in [0.2, 0.25) is 5.91 Å². The van der Waals surface area contributed by atoms with Crippen LogP contribution in [0.1, 0.15) is 62.9 Å². The zero-order valence-electron chi connectivity index (χ0n) is 19.3. The number of halogens is 3. The maximum absolute atomic E-state index is 12.7. The zero-order chi connectivity index (χ0) is 24.4. The van der Waals surface area contributed by atoms with Gasteiger partial charge in [-0.3, -0.25) is 9.59 Å². The van der Waals surface area contributed by atoms with E-state index in [-0.39, 0.29) is 29.2 Å². The minimum atomic E-state index is -4.51. The fraction of sp³-hybridized carbons (Fsp3) is 0.609. The van der Waals surface area contributed by atoms with Gasteiger partial charge in [-0.05, 0) is 44.5 Å². The maximum atomic E-state index is 12.7. The van der Waals surface area contributed by atoms with Crippen molar-refractivity contribution in [2.24, 2.45) is 5.41 Å². The van der Waals surface area contributed by atoms with Gasteiger partial charge in [0, 0.05) is 37.0 Å². The van der Waals surface area contributed by atoms with Gasteiger partial charge >= 0.3 is 6.18 Å². The standard InChI is InChI=1S/C17H20F3N3O2.C4H8O.C2H6/c18-17(19,20)13-3-1-2-12(8-13)15(25)22-9-14(24)23-7-5-16(11-23)4-6-21-10-16;1-3-4(2)5;1-2/h1-3,8,21H,4-7,9-11H2,(H,22,25);3H2,1-2H3;1-2H3. The van der Waals surface area contributed by atoms with Gasteiger partial charge in [0.05, 0.1) is 12.1 Å². The number of likely N-dealkylation sites (tertiary alicyclic amines) is 1. The van der Waals surface area contributed by atoms with Gasteiger partial charge in [0.15, 0.2) is 0 Å². The molecule has 0 radical (unpaired) electrons. The number of hydrogen-bond donors (Lipinski definition) is 2. The highest BCUT2D eigenvalue weighted by molar-refractivity contribution is 5.96. The van der Waals surface area contributed by atoms with Crippen LogP contribution >= 0.6 is 0 Å². The Labute approximate surface area is 187 Å². The lowest BCUT2D eigenvalue weighted by Gasteiger charge is -2.22. The molecule has 1 unspecified atom stereocenters. The molecule has 0 bridgehead atoms. The number of Topliss-reactive ketones (excluding diaryl/α,β-unsaturated/α-hetero) is 1. The van der Waals surface area contributed by atoms with Crippen molar-refractivity contribution < 1.29 is 27.6 Å². The van der Waals surface area contributed by atoms with E-state index in [1.165, 1.54) is 12.1 Å². The topological polar surface area (TPSA) is 78.5 Å². The fourth-order valence-corrected chi connectivity index (χ4v) is 3.50. The smallest absolute Gasteiger partial charge is 0.343 e. The third kappa shape index (κ3) is 8.26. The van der Waals surface area contributed by atoms with Crippen LogP contribution in [0.4, 0.5) is 13.2 Å². The molecule has 3 rings (SSSR count). The van der Waals surface area contributed by atoms with Crippen LogP contribution in [0.3, 0.4) is 0 Å². The summed E-state index contributed by atoms with van der Waals surface area (Å²) in [5.41, 5.74) is -0.858. The zero-order valence-corrected chi connectivity index (χ0v) is 19.3. The lowest BCUT2D eigenvalue weighted by atomic mass is 9.87. The molecule has 1 atom stereocenters. The van der Waals surface area contributed by atoms with Crippen LogP contribution in [0.15, 0.2) is 24.3 Å². The molecular weight excluding hydrogens is 423 g/mol. The molecule has 2 aliphatic heterocycles. The number of hydrogen-bond acceptors (Lipinski definition) is 4. The molecule has 2 fully saturated rings. The van der Waals surface area contributed by atoms with Crippen molar-refractivity contribution in [1.82, 2.24) is 15.5 Å². The van der Waals surface area contributed by atoms with Gasteiger partial charge in [0.25, 0.3) is 5.91 Å². The van der Waals surface area contributed by atoms with Gasteiger partial charge in [-0.15, -0.1) is 0 Å². The van der Waals surface area contributed by atoms with Gasteiger partial charge < -0.3 is 20.3 Å². The van der Waals surface area contributed by atoms with E-state index in [2.05, 4.69) is 10.6 Å². The van der Waals surface area contributed by atoms with E-state index in [1.54, 1.807) is 11.8 Å². The molecule has 2 aliphatic rings. The number of nitrogens with one attached hydrogen (secondary N) is 2. The first-order chi connectivity index (χ1) is 15.1. The van der Waals surface area contributed by atoms with E-state index in [9.17, 15) is 27.6 Å². The molecule has 32 heavy (non-hydrogen) atoms. The average molecular weight is 458 g/mol. The molecule has 2 amide bonds.